The van der Waals surface area contributed by atoms with Gasteiger partial charge in [-0.3, -0.25) is 9.48 Å². The molecule has 1 aromatic rings. The van der Waals surface area contributed by atoms with Gasteiger partial charge in [0.25, 0.3) is 0 Å². The normalized spacial score (nSPS) is 25.9. The van der Waals surface area contributed by atoms with Gasteiger partial charge in [-0.2, -0.15) is 5.10 Å². The molecule has 5 nitrogen and oxygen atoms in total. The largest absolute Gasteiger partial charge is 0.481 e. The van der Waals surface area contributed by atoms with Crippen LogP contribution in [0, 0.1) is 5.92 Å². The lowest BCUT2D eigenvalue weighted by atomic mass is 10.3. The van der Waals surface area contributed by atoms with Gasteiger partial charge in [0.15, 0.2) is 0 Å². The number of nitrogens with zero attached hydrogens (tertiary/aromatic N) is 3. The molecule has 0 spiro atoms. The van der Waals surface area contributed by atoms with E-state index in [1.54, 1.807) is 4.68 Å². The Morgan fingerprint density at radius 1 is 1.85 bits per heavy atom. The van der Waals surface area contributed by atoms with Crippen molar-refractivity contribution in [2.24, 2.45) is 5.92 Å². The molecule has 1 saturated carbocycles. The molecule has 0 aromatic carbocycles. The molecule has 5 heteroatoms. The minimum absolute atomic E-state index is 0.0833. The lowest BCUT2D eigenvalue weighted by molar-refractivity contribution is -0.138. The van der Waals surface area contributed by atoms with Crippen molar-refractivity contribution in [3.63, 3.8) is 0 Å². The summed E-state index contributed by atoms with van der Waals surface area (Å²) in [6, 6.07) is 0. The van der Waals surface area contributed by atoms with E-state index in [-0.39, 0.29) is 11.8 Å². The summed E-state index contributed by atoms with van der Waals surface area (Å²) in [6.45, 7) is 2.72. The SMILES string of the molecule is CCn1ncnc1C1CC1C(=O)O. The molecule has 0 aliphatic heterocycles. The van der Waals surface area contributed by atoms with Crippen LogP contribution in [-0.4, -0.2) is 25.8 Å². The fourth-order valence-electron chi connectivity index (χ4n) is 1.56. The van der Waals surface area contributed by atoms with Crippen LogP contribution in [0.25, 0.3) is 0 Å². The molecule has 1 N–H and O–H groups in total. The van der Waals surface area contributed by atoms with Gasteiger partial charge in [0.2, 0.25) is 0 Å². The Bertz CT molecular complexity index is 334. The van der Waals surface area contributed by atoms with E-state index in [1.165, 1.54) is 6.33 Å². The molecule has 0 bridgehead atoms. The number of carboxylic acids is 1. The lowest BCUT2D eigenvalue weighted by Crippen LogP contribution is -2.05. The van der Waals surface area contributed by atoms with Gasteiger partial charge < -0.3 is 5.11 Å². The average molecular weight is 181 g/mol. The van der Waals surface area contributed by atoms with Gasteiger partial charge in [-0.25, -0.2) is 4.98 Å². The number of hydrogen-bond acceptors (Lipinski definition) is 3. The van der Waals surface area contributed by atoms with Gasteiger partial charge in [0.1, 0.15) is 12.2 Å². The van der Waals surface area contributed by atoms with E-state index in [1.807, 2.05) is 6.92 Å². The van der Waals surface area contributed by atoms with Gasteiger partial charge in [-0.1, -0.05) is 0 Å². The summed E-state index contributed by atoms with van der Waals surface area (Å²) < 4.78 is 1.76. The molecule has 0 saturated heterocycles. The zero-order valence-corrected chi connectivity index (χ0v) is 7.34. The van der Waals surface area contributed by atoms with E-state index in [9.17, 15) is 4.79 Å². The molecule has 0 amide bonds. The fourth-order valence-corrected chi connectivity index (χ4v) is 1.56. The number of hydrogen-bond donors (Lipinski definition) is 1. The molecule has 2 unspecified atom stereocenters. The zero-order chi connectivity index (χ0) is 9.42. The Labute approximate surface area is 75.4 Å². The molecule has 0 radical (unpaired) electrons. The predicted molar refractivity (Wildman–Crippen MR) is 44.2 cm³/mol. The van der Waals surface area contributed by atoms with E-state index in [0.29, 0.717) is 6.42 Å². The van der Waals surface area contributed by atoms with Crippen LogP contribution in [0.5, 0.6) is 0 Å². The van der Waals surface area contributed by atoms with Crippen LogP contribution in [0.4, 0.5) is 0 Å². The number of aliphatic carboxylic acids is 1. The highest BCUT2D eigenvalue weighted by Crippen LogP contribution is 2.46. The second-order valence-electron chi connectivity index (χ2n) is 3.22. The van der Waals surface area contributed by atoms with Crippen molar-refractivity contribution < 1.29 is 9.90 Å². The van der Waals surface area contributed by atoms with Crippen LogP contribution in [0.1, 0.15) is 25.1 Å². The van der Waals surface area contributed by atoms with Crippen molar-refractivity contribution in [1.82, 2.24) is 14.8 Å². The van der Waals surface area contributed by atoms with E-state index in [0.717, 1.165) is 12.4 Å². The lowest BCUT2D eigenvalue weighted by Gasteiger charge is -1.99. The first kappa shape index (κ1) is 8.22. The molecule has 1 aliphatic rings. The first-order valence-corrected chi connectivity index (χ1v) is 4.34. The fraction of sp³-hybridized carbons (Fsp3) is 0.625. The van der Waals surface area contributed by atoms with Crippen molar-refractivity contribution in [2.75, 3.05) is 0 Å². The Morgan fingerprint density at radius 2 is 2.62 bits per heavy atom. The van der Waals surface area contributed by atoms with Gasteiger partial charge in [-0.15, -0.1) is 0 Å². The monoisotopic (exact) mass is 181 g/mol. The Hall–Kier alpha value is -1.39. The van der Waals surface area contributed by atoms with Gasteiger partial charge in [0.05, 0.1) is 5.92 Å². The van der Waals surface area contributed by atoms with Gasteiger partial charge >= 0.3 is 5.97 Å². The average Bonchev–Trinajstić information content (AvgIpc) is 2.77. The number of aromatic nitrogens is 3. The summed E-state index contributed by atoms with van der Waals surface area (Å²) in [6.07, 6.45) is 2.18. The molecule has 1 aliphatic carbocycles. The van der Waals surface area contributed by atoms with Crippen LogP contribution >= 0.6 is 0 Å². The minimum Gasteiger partial charge on any atom is -0.481 e. The standard InChI is InChI=1S/C8H11N3O2/c1-2-11-7(9-4-10-11)5-3-6(5)8(12)13/h4-6H,2-3H2,1H3,(H,12,13). The van der Waals surface area contributed by atoms with E-state index in [2.05, 4.69) is 10.1 Å². The van der Waals surface area contributed by atoms with Crippen LogP contribution in [-0.2, 0) is 11.3 Å². The smallest absolute Gasteiger partial charge is 0.307 e. The first-order valence-electron chi connectivity index (χ1n) is 4.34. The van der Waals surface area contributed by atoms with Crippen LogP contribution in [0.3, 0.4) is 0 Å². The molecule has 1 heterocycles. The summed E-state index contributed by atoms with van der Waals surface area (Å²) in [5.74, 6) is -0.0694. The minimum atomic E-state index is -0.726. The number of rotatable bonds is 3. The molecule has 2 atom stereocenters. The van der Waals surface area contributed by atoms with Crippen molar-refractivity contribution in [3.8, 4) is 0 Å². The molecular weight excluding hydrogens is 170 g/mol. The third kappa shape index (κ3) is 1.30. The Kier molecular flexibility index (Phi) is 1.79. The number of aryl methyl sites for hydroxylation is 1. The second kappa shape index (κ2) is 2.83. The van der Waals surface area contributed by atoms with E-state index in [4.69, 9.17) is 5.11 Å². The Balaban J connectivity index is 2.15. The Morgan fingerprint density at radius 3 is 3.15 bits per heavy atom. The molecule has 2 rings (SSSR count). The van der Waals surface area contributed by atoms with Gasteiger partial charge in [0, 0.05) is 12.5 Å². The topological polar surface area (TPSA) is 68.0 Å². The van der Waals surface area contributed by atoms with Gasteiger partial charge in [-0.05, 0) is 13.3 Å². The summed E-state index contributed by atoms with van der Waals surface area (Å²) in [5.41, 5.74) is 0. The third-order valence-electron chi connectivity index (χ3n) is 2.38. The molecule has 13 heavy (non-hydrogen) atoms. The highest BCUT2D eigenvalue weighted by atomic mass is 16.4. The number of carboxylic acid groups (broad SMARTS) is 1. The van der Waals surface area contributed by atoms with E-state index < -0.39 is 5.97 Å². The quantitative estimate of drug-likeness (QED) is 0.736. The van der Waals surface area contributed by atoms with Crippen molar-refractivity contribution in [3.05, 3.63) is 12.2 Å². The number of carbonyl (C=O) groups is 1. The van der Waals surface area contributed by atoms with Crippen molar-refractivity contribution >= 4 is 5.97 Å². The maximum atomic E-state index is 10.6. The highest BCUT2D eigenvalue weighted by molar-refractivity contribution is 5.74. The van der Waals surface area contributed by atoms with Crippen molar-refractivity contribution in [2.45, 2.75) is 25.8 Å². The molecule has 1 aromatic heterocycles. The van der Waals surface area contributed by atoms with E-state index >= 15 is 0 Å². The molecular formula is C8H11N3O2. The summed E-state index contributed by atoms with van der Waals surface area (Å²) in [5, 5.41) is 12.7. The molecule has 1 fully saturated rings. The summed E-state index contributed by atoms with van der Waals surface area (Å²) in [4.78, 5) is 14.7. The zero-order valence-electron chi connectivity index (χ0n) is 7.34. The molecule has 70 valence electrons. The van der Waals surface area contributed by atoms with Crippen LogP contribution < -0.4 is 0 Å². The van der Waals surface area contributed by atoms with Crippen LogP contribution in [0.15, 0.2) is 6.33 Å². The highest BCUT2D eigenvalue weighted by Gasteiger charge is 2.46. The first-order chi connectivity index (χ1) is 6.24. The third-order valence-corrected chi connectivity index (χ3v) is 2.38. The summed E-state index contributed by atoms with van der Waals surface area (Å²) in [7, 11) is 0. The van der Waals surface area contributed by atoms with Crippen LogP contribution in [0.2, 0.25) is 0 Å². The van der Waals surface area contributed by atoms with Crippen molar-refractivity contribution in [1.29, 1.82) is 0 Å². The maximum Gasteiger partial charge on any atom is 0.307 e. The maximum absolute atomic E-state index is 10.6. The predicted octanol–water partition coefficient (Wildman–Crippen LogP) is 0.486. The second-order valence-corrected chi connectivity index (χ2v) is 3.22. The summed E-state index contributed by atoms with van der Waals surface area (Å²) >= 11 is 0.